The maximum Gasteiger partial charge on any atom is 0.0601 e. The highest BCUT2D eigenvalue weighted by molar-refractivity contribution is 4.92. The molecule has 1 saturated carbocycles. The second-order valence-electron chi connectivity index (χ2n) is 4.11. The van der Waals surface area contributed by atoms with Gasteiger partial charge in [-0.25, -0.2) is 0 Å². The highest BCUT2D eigenvalue weighted by atomic mass is 15.2. The molecule has 0 aromatic carbocycles. The van der Waals surface area contributed by atoms with Crippen molar-refractivity contribution in [3.63, 3.8) is 0 Å². The van der Waals surface area contributed by atoms with Gasteiger partial charge >= 0.3 is 0 Å². The second-order valence-corrected chi connectivity index (χ2v) is 4.11. The van der Waals surface area contributed by atoms with Crippen LogP contribution in [0.15, 0.2) is 0 Å². The van der Waals surface area contributed by atoms with E-state index in [1.54, 1.807) is 0 Å². The average Bonchev–Trinajstić information content (AvgIpc) is 2.26. The third kappa shape index (κ3) is 2.73. The predicted octanol–water partition coefficient (Wildman–Crippen LogP) is 1.46. The van der Waals surface area contributed by atoms with Gasteiger partial charge in [-0.05, 0) is 31.8 Å². The molecule has 1 fully saturated rings. The lowest BCUT2D eigenvalue weighted by atomic mass is 9.83. The van der Waals surface area contributed by atoms with Crippen LogP contribution in [0.25, 0.3) is 0 Å². The molecule has 1 rings (SSSR count). The molecule has 0 saturated heterocycles. The molecule has 2 unspecified atom stereocenters. The van der Waals surface area contributed by atoms with Gasteiger partial charge in [0.05, 0.1) is 6.54 Å². The molecule has 0 amide bonds. The smallest absolute Gasteiger partial charge is 0.0601 e. The Morgan fingerprint density at radius 3 is 2.71 bits per heavy atom. The summed E-state index contributed by atoms with van der Waals surface area (Å²) >= 11 is 0. The quantitative estimate of drug-likeness (QED) is 0.687. The van der Waals surface area contributed by atoms with E-state index in [2.05, 4.69) is 17.7 Å². The topological polar surface area (TPSA) is 29.3 Å². The van der Waals surface area contributed by atoms with Crippen molar-refractivity contribution in [2.45, 2.75) is 38.6 Å². The lowest BCUT2D eigenvalue weighted by Crippen LogP contribution is -2.45. The van der Waals surface area contributed by atoms with Gasteiger partial charge in [0.2, 0.25) is 0 Å². The first-order valence-electron chi connectivity index (χ1n) is 5.71. The highest BCUT2D eigenvalue weighted by Crippen LogP contribution is 2.27. The lowest BCUT2D eigenvalue weighted by Gasteiger charge is -2.38. The van der Waals surface area contributed by atoms with Crippen LogP contribution in [0.2, 0.25) is 0 Å². The van der Waals surface area contributed by atoms with Gasteiger partial charge in [-0.1, -0.05) is 25.7 Å². The maximum absolute atomic E-state index is 5.80. The zero-order valence-electron chi connectivity index (χ0n) is 9.21. The molecule has 0 radical (unpaired) electrons. The Morgan fingerprint density at radius 1 is 1.43 bits per heavy atom. The molecule has 2 atom stereocenters. The van der Waals surface area contributed by atoms with E-state index in [1.165, 1.54) is 25.7 Å². The van der Waals surface area contributed by atoms with Gasteiger partial charge in [0.1, 0.15) is 0 Å². The van der Waals surface area contributed by atoms with Crippen LogP contribution in [0.5, 0.6) is 0 Å². The molecule has 80 valence electrons. The molecule has 14 heavy (non-hydrogen) atoms. The molecule has 0 aromatic rings. The van der Waals surface area contributed by atoms with Crippen molar-refractivity contribution in [2.24, 2.45) is 11.7 Å². The summed E-state index contributed by atoms with van der Waals surface area (Å²) in [5, 5.41) is 0. The van der Waals surface area contributed by atoms with E-state index in [1.807, 2.05) is 0 Å². The van der Waals surface area contributed by atoms with Gasteiger partial charge in [-0.15, -0.1) is 6.42 Å². The van der Waals surface area contributed by atoms with Crippen LogP contribution in [0.1, 0.15) is 32.6 Å². The summed E-state index contributed by atoms with van der Waals surface area (Å²) in [7, 11) is 0. The minimum atomic E-state index is 0.634. The van der Waals surface area contributed by atoms with Crippen molar-refractivity contribution in [3.8, 4) is 12.3 Å². The van der Waals surface area contributed by atoms with Gasteiger partial charge in [-0.3, -0.25) is 4.90 Å². The number of rotatable bonds is 4. The SMILES string of the molecule is C#CCN(CC)C1CCCCC1CN. The van der Waals surface area contributed by atoms with Crippen LogP contribution in [0, 0.1) is 18.3 Å². The number of hydrogen-bond donors (Lipinski definition) is 1. The first-order chi connectivity index (χ1) is 6.83. The average molecular weight is 194 g/mol. The Labute approximate surface area is 87.8 Å². The van der Waals surface area contributed by atoms with Crippen LogP contribution in [-0.4, -0.2) is 30.6 Å². The number of nitrogens with zero attached hydrogens (tertiary/aromatic N) is 1. The highest BCUT2D eigenvalue weighted by Gasteiger charge is 2.27. The van der Waals surface area contributed by atoms with Gasteiger partial charge in [0, 0.05) is 6.04 Å². The molecule has 0 bridgehead atoms. The van der Waals surface area contributed by atoms with Crippen molar-refractivity contribution in [1.82, 2.24) is 4.90 Å². The van der Waals surface area contributed by atoms with Crippen molar-refractivity contribution < 1.29 is 0 Å². The van der Waals surface area contributed by atoms with E-state index in [0.29, 0.717) is 12.0 Å². The largest absolute Gasteiger partial charge is 0.330 e. The van der Waals surface area contributed by atoms with Gasteiger partial charge in [0.25, 0.3) is 0 Å². The molecule has 0 aliphatic heterocycles. The summed E-state index contributed by atoms with van der Waals surface area (Å²) in [6.45, 7) is 4.81. The van der Waals surface area contributed by atoms with Crippen LogP contribution in [-0.2, 0) is 0 Å². The van der Waals surface area contributed by atoms with Crippen molar-refractivity contribution in [2.75, 3.05) is 19.6 Å². The fraction of sp³-hybridized carbons (Fsp3) is 0.833. The zero-order valence-corrected chi connectivity index (χ0v) is 9.21. The van der Waals surface area contributed by atoms with Crippen molar-refractivity contribution in [1.29, 1.82) is 0 Å². The Bertz CT molecular complexity index is 195. The first kappa shape index (κ1) is 11.6. The van der Waals surface area contributed by atoms with E-state index in [0.717, 1.165) is 19.6 Å². The Kier molecular flexibility index (Phi) is 5.00. The molecular weight excluding hydrogens is 172 g/mol. The normalized spacial score (nSPS) is 27.6. The number of nitrogens with two attached hydrogens (primary N) is 1. The fourth-order valence-electron chi connectivity index (χ4n) is 2.52. The minimum absolute atomic E-state index is 0.634. The van der Waals surface area contributed by atoms with E-state index in [9.17, 15) is 0 Å². The molecule has 1 aliphatic carbocycles. The van der Waals surface area contributed by atoms with E-state index in [4.69, 9.17) is 12.2 Å². The second kappa shape index (κ2) is 6.06. The molecule has 1 aliphatic rings. The number of terminal acetylenes is 1. The fourth-order valence-corrected chi connectivity index (χ4v) is 2.52. The van der Waals surface area contributed by atoms with Crippen molar-refractivity contribution in [3.05, 3.63) is 0 Å². The lowest BCUT2D eigenvalue weighted by molar-refractivity contribution is 0.126. The molecule has 2 heteroatoms. The molecule has 0 aromatic heterocycles. The van der Waals surface area contributed by atoms with Crippen molar-refractivity contribution >= 4 is 0 Å². The molecular formula is C12H22N2. The van der Waals surface area contributed by atoms with E-state index >= 15 is 0 Å². The standard InChI is InChI=1S/C12H22N2/c1-3-9-14(4-2)12-8-6-5-7-11(12)10-13/h1,11-12H,4-10,13H2,2H3. The Balaban J connectivity index is 2.56. The summed E-state index contributed by atoms with van der Waals surface area (Å²) in [4.78, 5) is 2.40. The van der Waals surface area contributed by atoms with Gasteiger partial charge in [0.15, 0.2) is 0 Å². The monoisotopic (exact) mass is 194 g/mol. The summed E-state index contributed by atoms with van der Waals surface area (Å²) in [5.74, 6) is 3.41. The van der Waals surface area contributed by atoms with Crippen LogP contribution in [0.3, 0.4) is 0 Å². The third-order valence-corrected chi connectivity index (χ3v) is 3.34. The Morgan fingerprint density at radius 2 is 2.14 bits per heavy atom. The van der Waals surface area contributed by atoms with E-state index < -0.39 is 0 Å². The molecule has 2 N–H and O–H groups in total. The summed E-state index contributed by atoms with van der Waals surface area (Å²) in [6, 6.07) is 0.634. The molecule has 0 heterocycles. The molecule has 0 spiro atoms. The van der Waals surface area contributed by atoms with E-state index in [-0.39, 0.29) is 0 Å². The Hall–Kier alpha value is -0.520. The summed E-state index contributed by atoms with van der Waals surface area (Å²) in [6.07, 6.45) is 10.6. The minimum Gasteiger partial charge on any atom is -0.330 e. The van der Waals surface area contributed by atoms with Crippen LogP contribution >= 0.6 is 0 Å². The van der Waals surface area contributed by atoms with Crippen LogP contribution < -0.4 is 5.73 Å². The zero-order chi connectivity index (χ0) is 10.4. The summed E-state index contributed by atoms with van der Waals surface area (Å²) < 4.78 is 0. The maximum atomic E-state index is 5.80. The van der Waals surface area contributed by atoms with Crippen LogP contribution in [0.4, 0.5) is 0 Å². The molecule has 2 nitrogen and oxygen atoms in total. The predicted molar refractivity (Wildman–Crippen MR) is 60.9 cm³/mol. The number of hydrogen-bond acceptors (Lipinski definition) is 2. The van der Waals surface area contributed by atoms with Gasteiger partial charge < -0.3 is 5.73 Å². The summed E-state index contributed by atoms with van der Waals surface area (Å²) in [5.41, 5.74) is 5.80. The third-order valence-electron chi connectivity index (χ3n) is 3.34. The first-order valence-corrected chi connectivity index (χ1v) is 5.71. The van der Waals surface area contributed by atoms with Gasteiger partial charge in [-0.2, -0.15) is 0 Å².